The molecule has 0 aromatic heterocycles. The molecule has 0 unspecified atom stereocenters. The van der Waals surface area contributed by atoms with Crippen LogP contribution in [0.25, 0.3) is 0 Å². The predicted octanol–water partition coefficient (Wildman–Crippen LogP) is 8.39. The number of rotatable bonds is 14. The number of carbonyl (C=O) groups is 1. The van der Waals surface area contributed by atoms with Gasteiger partial charge in [0.05, 0.1) is 30.6 Å². The van der Waals surface area contributed by atoms with Crippen LogP contribution in [-0.4, -0.2) is 50.8 Å². The molecule has 1 heterocycles. The highest BCUT2D eigenvalue weighted by Crippen LogP contribution is 2.32. The van der Waals surface area contributed by atoms with Crippen molar-refractivity contribution in [2.45, 2.75) is 91.1 Å². The van der Waals surface area contributed by atoms with Crippen LogP contribution in [0.15, 0.2) is 97.1 Å². The maximum atomic E-state index is 12.4. The second-order valence-electron chi connectivity index (χ2n) is 14.6. The van der Waals surface area contributed by atoms with Gasteiger partial charge in [0.25, 0.3) is 0 Å². The Hall–Kier alpha value is -4.58. The van der Waals surface area contributed by atoms with Gasteiger partial charge in [-0.05, 0) is 107 Å². The van der Waals surface area contributed by atoms with Crippen LogP contribution in [0, 0.1) is 6.92 Å². The molecule has 2 atom stereocenters. The van der Waals surface area contributed by atoms with Crippen LogP contribution in [0.2, 0.25) is 0 Å². The fourth-order valence-electron chi connectivity index (χ4n) is 6.13. The van der Waals surface area contributed by atoms with Crippen molar-refractivity contribution in [3.8, 4) is 17.2 Å². The Kier molecular flexibility index (Phi) is 12.2. The van der Waals surface area contributed by atoms with Gasteiger partial charge in [-0.25, -0.2) is 8.42 Å². The van der Waals surface area contributed by atoms with Crippen LogP contribution in [0.1, 0.15) is 64.2 Å². The first kappa shape index (κ1) is 38.6. The minimum Gasteiger partial charge on any atom is -0.491 e. The van der Waals surface area contributed by atoms with E-state index in [0.717, 1.165) is 28.6 Å². The number of nitrogens with one attached hydrogen (secondary N) is 1. The number of benzene rings is 4. The van der Waals surface area contributed by atoms with Crippen molar-refractivity contribution in [2.24, 2.45) is 0 Å². The lowest BCUT2D eigenvalue weighted by atomic mass is 10.1. The lowest BCUT2D eigenvalue weighted by molar-refractivity contribution is -0.303. The molecule has 0 bridgehead atoms. The van der Waals surface area contributed by atoms with Crippen LogP contribution in [0.4, 0.5) is 11.4 Å². The molecular formula is C41H50N2O8S. The number of ether oxygens (including phenoxy) is 5. The Bertz CT molecular complexity index is 1890. The average molecular weight is 731 g/mol. The third-order valence-electron chi connectivity index (χ3n) is 8.19. The van der Waals surface area contributed by atoms with E-state index in [9.17, 15) is 13.2 Å². The van der Waals surface area contributed by atoms with Gasteiger partial charge in [-0.1, -0.05) is 48.5 Å². The van der Waals surface area contributed by atoms with Crippen LogP contribution < -0.4 is 19.1 Å². The van der Waals surface area contributed by atoms with E-state index >= 15 is 0 Å². The number of esters is 1. The maximum absolute atomic E-state index is 12.4. The normalized spacial score (nSPS) is 17.2. The number of hydrogen-bond donors (Lipinski definition) is 1. The van der Waals surface area contributed by atoms with Crippen molar-refractivity contribution in [3.63, 3.8) is 0 Å². The van der Waals surface area contributed by atoms with Gasteiger partial charge in [-0.2, -0.15) is 0 Å². The molecular weight excluding hydrogens is 681 g/mol. The quantitative estimate of drug-likeness (QED) is 0.128. The van der Waals surface area contributed by atoms with E-state index in [1.54, 1.807) is 6.07 Å². The highest BCUT2D eigenvalue weighted by molar-refractivity contribution is 7.92. The molecule has 0 saturated carbocycles. The SMILES string of the molecule is Cc1c(NS(C)(=O)=O)cccc1N(Cc1ccccc1)Cc1ccc(Oc2ccc(OC[C@@H]3C[C@H](CC(=O)OC(C)(C)C)OC(C)(C)O3)cc2)cc1. The Morgan fingerprint density at radius 1 is 0.827 bits per heavy atom. The Balaban J connectivity index is 1.19. The third-order valence-corrected chi connectivity index (χ3v) is 8.78. The van der Waals surface area contributed by atoms with Gasteiger partial charge in [0.15, 0.2) is 5.79 Å². The van der Waals surface area contributed by atoms with Crippen molar-refractivity contribution >= 4 is 27.4 Å². The van der Waals surface area contributed by atoms with Gasteiger partial charge in [0, 0.05) is 25.2 Å². The Morgan fingerprint density at radius 3 is 2.02 bits per heavy atom. The summed E-state index contributed by atoms with van der Waals surface area (Å²) in [6.07, 6.45) is 1.23. The number of nitrogens with zero attached hydrogens (tertiary/aromatic N) is 1. The molecule has 0 spiro atoms. The van der Waals surface area contributed by atoms with E-state index in [1.165, 1.54) is 0 Å². The monoisotopic (exact) mass is 730 g/mol. The van der Waals surface area contributed by atoms with Gasteiger partial charge in [-0.15, -0.1) is 0 Å². The first-order valence-corrected chi connectivity index (χ1v) is 19.3. The molecule has 1 saturated heterocycles. The van der Waals surface area contributed by atoms with E-state index in [4.69, 9.17) is 23.7 Å². The maximum Gasteiger partial charge on any atom is 0.308 e. The lowest BCUT2D eigenvalue weighted by Gasteiger charge is -2.40. The summed E-state index contributed by atoms with van der Waals surface area (Å²) in [7, 11) is -3.43. The molecule has 1 aliphatic heterocycles. The zero-order valence-electron chi connectivity index (χ0n) is 31.0. The first-order valence-electron chi connectivity index (χ1n) is 17.4. The van der Waals surface area contributed by atoms with E-state index in [2.05, 4.69) is 21.8 Å². The topological polar surface area (TPSA) is 113 Å². The summed E-state index contributed by atoms with van der Waals surface area (Å²) in [6.45, 7) is 12.7. The molecule has 0 radical (unpaired) electrons. The van der Waals surface area contributed by atoms with Crippen LogP contribution in [0.3, 0.4) is 0 Å². The van der Waals surface area contributed by atoms with Crippen molar-refractivity contribution in [1.29, 1.82) is 0 Å². The van der Waals surface area contributed by atoms with Crippen LogP contribution in [0.5, 0.6) is 17.2 Å². The summed E-state index contributed by atoms with van der Waals surface area (Å²) in [4.78, 5) is 14.6. The molecule has 11 heteroatoms. The van der Waals surface area contributed by atoms with E-state index in [0.29, 0.717) is 49.1 Å². The van der Waals surface area contributed by atoms with Crippen molar-refractivity contribution in [2.75, 3.05) is 22.5 Å². The standard InChI is InChI=1S/C41H50N2O8S/c1-29-37(42-52(7,45)46)14-11-15-38(29)43(26-30-12-9-8-10-13-30)27-31-16-18-33(19-17-31)48-34-22-20-32(21-23-34)47-28-36-24-35(49-41(5,6)50-36)25-39(44)51-40(2,3)4/h8-23,35-36,42H,24-28H2,1-7H3/t35-,36+/m1/s1. The summed E-state index contributed by atoms with van der Waals surface area (Å²) in [6, 6.07) is 31.2. The van der Waals surface area contributed by atoms with Gasteiger partial charge < -0.3 is 28.6 Å². The number of carbonyl (C=O) groups excluding carboxylic acids is 1. The highest BCUT2D eigenvalue weighted by atomic mass is 32.2. The molecule has 10 nitrogen and oxygen atoms in total. The summed E-state index contributed by atoms with van der Waals surface area (Å²) in [5.74, 6) is 0.874. The molecule has 0 amide bonds. The fraction of sp³-hybridized carbons (Fsp3) is 0.390. The van der Waals surface area contributed by atoms with Crippen molar-refractivity contribution in [3.05, 3.63) is 114 Å². The second-order valence-corrected chi connectivity index (χ2v) is 16.3. The molecule has 0 aliphatic carbocycles. The molecule has 52 heavy (non-hydrogen) atoms. The smallest absolute Gasteiger partial charge is 0.308 e. The summed E-state index contributed by atoms with van der Waals surface area (Å²) < 4.78 is 56.4. The number of sulfonamides is 1. The number of anilines is 2. The molecule has 4 aromatic carbocycles. The van der Waals surface area contributed by atoms with Gasteiger partial charge >= 0.3 is 5.97 Å². The molecule has 1 fully saturated rings. The number of hydrogen-bond acceptors (Lipinski definition) is 9. The lowest BCUT2D eigenvalue weighted by Crippen LogP contribution is -2.47. The first-order chi connectivity index (χ1) is 24.5. The minimum absolute atomic E-state index is 0.151. The van der Waals surface area contributed by atoms with Crippen molar-refractivity contribution < 1.29 is 36.9 Å². The van der Waals surface area contributed by atoms with Crippen molar-refractivity contribution in [1.82, 2.24) is 0 Å². The molecule has 4 aromatic rings. The van der Waals surface area contributed by atoms with Crippen LogP contribution in [-0.2, 0) is 42.1 Å². The Morgan fingerprint density at radius 2 is 1.40 bits per heavy atom. The minimum atomic E-state index is -3.43. The summed E-state index contributed by atoms with van der Waals surface area (Å²) in [5, 5.41) is 0. The summed E-state index contributed by atoms with van der Waals surface area (Å²) >= 11 is 0. The van der Waals surface area contributed by atoms with Gasteiger partial charge in [0.2, 0.25) is 10.0 Å². The third kappa shape index (κ3) is 12.0. The molecule has 1 aliphatic rings. The van der Waals surface area contributed by atoms with E-state index in [-0.39, 0.29) is 24.6 Å². The average Bonchev–Trinajstić information content (AvgIpc) is 3.04. The van der Waals surface area contributed by atoms with Crippen LogP contribution >= 0.6 is 0 Å². The Labute approximate surface area is 308 Å². The predicted molar refractivity (Wildman–Crippen MR) is 203 cm³/mol. The van der Waals surface area contributed by atoms with Gasteiger partial charge in [-0.3, -0.25) is 9.52 Å². The molecule has 278 valence electrons. The molecule has 1 N–H and O–H groups in total. The fourth-order valence-corrected chi connectivity index (χ4v) is 6.76. The largest absolute Gasteiger partial charge is 0.491 e. The summed E-state index contributed by atoms with van der Waals surface area (Å²) in [5.41, 5.74) is 4.00. The second kappa shape index (κ2) is 16.4. The molecule has 5 rings (SSSR count). The highest BCUT2D eigenvalue weighted by Gasteiger charge is 2.37. The zero-order chi connectivity index (χ0) is 37.5. The van der Waals surface area contributed by atoms with Gasteiger partial charge in [0.1, 0.15) is 29.5 Å². The van der Waals surface area contributed by atoms with E-state index in [1.807, 2.05) is 120 Å². The zero-order valence-corrected chi connectivity index (χ0v) is 31.9. The van der Waals surface area contributed by atoms with E-state index < -0.39 is 21.4 Å².